The first-order chi connectivity index (χ1) is 8.58. The topological polar surface area (TPSA) is 17.1 Å². The van der Waals surface area contributed by atoms with Crippen LogP contribution in [0.25, 0.3) is 0 Å². The molecule has 1 aromatic carbocycles. The van der Waals surface area contributed by atoms with E-state index in [0.717, 1.165) is 6.42 Å². The highest BCUT2D eigenvalue weighted by Crippen LogP contribution is 2.49. The van der Waals surface area contributed by atoms with Gasteiger partial charge in [-0.3, -0.25) is 4.79 Å². The van der Waals surface area contributed by atoms with Gasteiger partial charge in [0, 0.05) is 16.7 Å². The molecule has 0 saturated heterocycles. The molecule has 2 heteroatoms. The number of benzene rings is 1. The van der Waals surface area contributed by atoms with Crippen LogP contribution in [0.4, 0.5) is 0 Å². The Hall–Kier alpha value is -1.02. The Balaban J connectivity index is 1.85. The number of carbonyl (C=O) groups excluding carboxylic acids is 1. The Morgan fingerprint density at radius 2 is 1.83 bits per heavy atom. The fourth-order valence-corrected chi connectivity index (χ4v) is 4.66. The van der Waals surface area contributed by atoms with Crippen LogP contribution in [0.1, 0.15) is 23.1 Å². The van der Waals surface area contributed by atoms with Crippen LogP contribution in [0.3, 0.4) is 0 Å². The zero-order valence-electron chi connectivity index (χ0n) is 11.1. The van der Waals surface area contributed by atoms with Crippen LogP contribution >= 0.6 is 11.8 Å². The highest BCUT2D eigenvalue weighted by atomic mass is 32.2. The number of allylic oxidation sites excluding steroid dienone is 2. The van der Waals surface area contributed by atoms with E-state index < -0.39 is 0 Å². The maximum atomic E-state index is 12.1. The molecular weight excluding hydrogens is 240 g/mol. The Bertz CT molecular complexity index is 521. The van der Waals surface area contributed by atoms with Crippen molar-refractivity contribution in [2.24, 2.45) is 11.8 Å². The van der Waals surface area contributed by atoms with Crippen molar-refractivity contribution in [1.29, 1.82) is 0 Å². The number of carbonyl (C=O) groups is 1. The van der Waals surface area contributed by atoms with E-state index in [0.29, 0.717) is 17.6 Å². The number of hydrogen-bond donors (Lipinski definition) is 0. The lowest BCUT2D eigenvalue weighted by atomic mass is 9.74. The SMILES string of the molecule is Cc1cc(C)c(S[C@H]2C(=O)[C@H]3CC=C[C@H]32)c(C)c1. The molecule has 94 valence electrons. The van der Waals surface area contributed by atoms with Gasteiger partial charge >= 0.3 is 0 Å². The standard InChI is InChI=1S/C16H18OS/c1-9-7-10(2)15(11(3)8-9)18-16-13-6-4-5-12(13)14(16)17/h4,6-8,12-13,16H,5H2,1-3H3/t12-,13+,16+/m0/s1. The summed E-state index contributed by atoms with van der Waals surface area (Å²) in [6.45, 7) is 6.42. The third kappa shape index (κ3) is 1.74. The Morgan fingerprint density at radius 1 is 1.17 bits per heavy atom. The molecule has 0 radical (unpaired) electrons. The first-order valence-corrected chi connectivity index (χ1v) is 7.41. The lowest BCUT2D eigenvalue weighted by Crippen LogP contribution is -2.47. The number of Topliss-reactive ketones (excluding diaryl/α,β-unsaturated/α-hetero) is 1. The van der Waals surface area contributed by atoms with E-state index in [-0.39, 0.29) is 5.25 Å². The summed E-state index contributed by atoms with van der Waals surface area (Å²) in [5.41, 5.74) is 3.90. The van der Waals surface area contributed by atoms with E-state index in [2.05, 4.69) is 45.1 Å². The first kappa shape index (κ1) is 12.0. The van der Waals surface area contributed by atoms with Gasteiger partial charge in [0.15, 0.2) is 5.78 Å². The highest BCUT2D eigenvalue weighted by Gasteiger charge is 2.50. The van der Waals surface area contributed by atoms with E-state index in [1.165, 1.54) is 21.6 Å². The molecular formula is C16H18OS. The summed E-state index contributed by atoms with van der Waals surface area (Å²) < 4.78 is 0. The van der Waals surface area contributed by atoms with Gasteiger partial charge < -0.3 is 0 Å². The van der Waals surface area contributed by atoms with Crippen molar-refractivity contribution in [1.82, 2.24) is 0 Å². The molecule has 2 aliphatic carbocycles. The van der Waals surface area contributed by atoms with Gasteiger partial charge in [0.1, 0.15) is 0 Å². The summed E-state index contributed by atoms with van der Waals surface area (Å²) in [6.07, 6.45) is 5.37. The predicted octanol–water partition coefficient (Wildman–Crippen LogP) is 3.85. The van der Waals surface area contributed by atoms with Gasteiger partial charge in [0.05, 0.1) is 5.25 Å². The van der Waals surface area contributed by atoms with Crippen molar-refractivity contribution in [3.63, 3.8) is 0 Å². The summed E-state index contributed by atoms with van der Waals surface area (Å²) in [6, 6.07) is 4.42. The lowest BCUT2D eigenvalue weighted by molar-refractivity contribution is -0.130. The van der Waals surface area contributed by atoms with Crippen molar-refractivity contribution in [3.8, 4) is 0 Å². The quantitative estimate of drug-likeness (QED) is 0.750. The van der Waals surface area contributed by atoms with Crippen LogP contribution in [0.5, 0.6) is 0 Å². The molecule has 0 unspecified atom stereocenters. The van der Waals surface area contributed by atoms with Crippen molar-refractivity contribution in [2.45, 2.75) is 37.3 Å². The Labute approximate surface area is 113 Å². The summed E-state index contributed by atoms with van der Waals surface area (Å²) >= 11 is 1.78. The highest BCUT2D eigenvalue weighted by molar-refractivity contribution is 8.00. The second-order valence-electron chi connectivity index (χ2n) is 5.52. The minimum atomic E-state index is 0.161. The third-order valence-corrected chi connectivity index (χ3v) is 5.74. The normalized spacial score (nSPS) is 29.3. The summed E-state index contributed by atoms with van der Waals surface area (Å²) in [7, 11) is 0. The average Bonchev–Trinajstić information content (AvgIpc) is 2.72. The van der Waals surface area contributed by atoms with Gasteiger partial charge in [-0.1, -0.05) is 29.8 Å². The second-order valence-corrected chi connectivity index (χ2v) is 6.67. The van der Waals surface area contributed by atoms with E-state index in [1.807, 2.05) is 0 Å². The van der Waals surface area contributed by atoms with Crippen LogP contribution in [-0.2, 0) is 4.79 Å². The molecule has 0 aromatic heterocycles. The molecule has 3 atom stereocenters. The molecule has 0 spiro atoms. The molecule has 1 saturated carbocycles. The fraction of sp³-hybridized carbons (Fsp3) is 0.438. The molecule has 0 bridgehead atoms. The number of aryl methyl sites for hydroxylation is 3. The minimum absolute atomic E-state index is 0.161. The second kappa shape index (κ2) is 4.27. The third-order valence-electron chi connectivity index (χ3n) is 4.06. The van der Waals surface area contributed by atoms with Crippen molar-refractivity contribution in [2.75, 3.05) is 0 Å². The molecule has 0 heterocycles. The minimum Gasteiger partial charge on any atom is -0.298 e. The zero-order chi connectivity index (χ0) is 12.9. The first-order valence-electron chi connectivity index (χ1n) is 6.53. The molecule has 0 amide bonds. The van der Waals surface area contributed by atoms with Gasteiger partial charge in [-0.15, -0.1) is 11.8 Å². The van der Waals surface area contributed by atoms with Gasteiger partial charge in [-0.2, -0.15) is 0 Å². The van der Waals surface area contributed by atoms with Gasteiger partial charge in [-0.25, -0.2) is 0 Å². The molecule has 2 aliphatic rings. The van der Waals surface area contributed by atoms with Gasteiger partial charge in [0.2, 0.25) is 0 Å². The van der Waals surface area contributed by atoms with E-state index in [1.54, 1.807) is 11.8 Å². The van der Waals surface area contributed by atoms with Crippen LogP contribution in [0, 0.1) is 32.6 Å². The largest absolute Gasteiger partial charge is 0.298 e. The summed E-state index contributed by atoms with van der Waals surface area (Å²) in [5, 5.41) is 0.161. The molecule has 1 fully saturated rings. The van der Waals surface area contributed by atoms with Crippen LogP contribution in [0.2, 0.25) is 0 Å². The monoisotopic (exact) mass is 258 g/mol. The molecule has 18 heavy (non-hydrogen) atoms. The van der Waals surface area contributed by atoms with Crippen molar-refractivity contribution < 1.29 is 4.79 Å². The maximum absolute atomic E-state index is 12.1. The Kier molecular flexibility index (Phi) is 2.86. The van der Waals surface area contributed by atoms with E-state index in [9.17, 15) is 4.79 Å². The van der Waals surface area contributed by atoms with Crippen LogP contribution in [-0.4, -0.2) is 11.0 Å². The maximum Gasteiger partial charge on any atom is 0.150 e. The number of fused-ring (bicyclic) bond motifs is 1. The zero-order valence-corrected chi connectivity index (χ0v) is 11.9. The number of ketones is 1. The van der Waals surface area contributed by atoms with Crippen LogP contribution in [0.15, 0.2) is 29.2 Å². The van der Waals surface area contributed by atoms with Gasteiger partial charge in [-0.05, 0) is 38.3 Å². The molecule has 1 aromatic rings. The predicted molar refractivity (Wildman–Crippen MR) is 76.0 cm³/mol. The Morgan fingerprint density at radius 3 is 2.50 bits per heavy atom. The number of thioether (sulfide) groups is 1. The number of rotatable bonds is 2. The molecule has 1 nitrogen and oxygen atoms in total. The van der Waals surface area contributed by atoms with Gasteiger partial charge in [0.25, 0.3) is 0 Å². The van der Waals surface area contributed by atoms with E-state index >= 15 is 0 Å². The van der Waals surface area contributed by atoms with Crippen LogP contribution < -0.4 is 0 Å². The molecule has 0 aliphatic heterocycles. The number of hydrogen-bond acceptors (Lipinski definition) is 2. The summed E-state index contributed by atoms with van der Waals surface area (Å²) in [5.74, 6) is 1.24. The fourth-order valence-electron chi connectivity index (χ4n) is 3.19. The van der Waals surface area contributed by atoms with Crippen molar-refractivity contribution in [3.05, 3.63) is 41.0 Å². The van der Waals surface area contributed by atoms with Crippen molar-refractivity contribution >= 4 is 17.5 Å². The molecule has 3 rings (SSSR count). The average molecular weight is 258 g/mol. The smallest absolute Gasteiger partial charge is 0.150 e. The molecule has 0 N–H and O–H groups in total. The van der Waals surface area contributed by atoms with E-state index in [4.69, 9.17) is 0 Å². The summed E-state index contributed by atoms with van der Waals surface area (Å²) in [4.78, 5) is 13.4. The lowest BCUT2D eigenvalue weighted by Gasteiger charge is -2.38.